The lowest BCUT2D eigenvalue weighted by atomic mass is 10.1. The Balaban J connectivity index is 3.21. The molecule has 0 unspecified atom stereocenters. The minimum atomic E-state index is -0.355. The van der Waals surface area contributed by atoms with Gasteiger partial charge >= 0.3 is 0 Å². The van der Waals surface area contributed by atoms with Gasteiger partial charge in [-0.2, -0.15) is 0 Å². The largest absolute Gasteiger partial charge is 0.347 e. The van der Waals surface area contributed by atoms with Crippen LogP contribution in [-0.2, 0) is 5.54 Å². The molecule has 1 aromatic heterocycles. The maximum absolute atomic E-state index is 12.2. The monoisotopic (exact) mass is 250 g/mol. The zero-order valence-corrected chi connectivity index (χ0v) is 12.0. The van der Waals surface area contributed by atoms with E-state index in [-0.39, 0.29) is 28.1 Å². The number of hydrogen-bond acceptors (Lipinski definition) is 2. The Bertz CT molecular complexity index is 502. The lowest BCUT2D eigenvalue weighted by molar-refractivity contribution is 0.0917. The van der Waals surface area contributed by atoms with Gasteiger partial charge in [0.2, 0.25) is 0 Å². The number of nitrogens with zero attached hydrogens (tertiary/aromatic N) is 1. The fraction of sp³-hybridized carbons (Fsp3) is 0.571. The van der Waals surface area contributed by atoms with Gasteiger partial charge < -0.3 is 9.88 Å². The van der Waals surface area contributed by atoms with Gasteiger partial charge in [-0.1, -0.05) is 0 Å². The molecule has 4 heteroatoms. The summed E-state index contributed by atoms with van der Waals surface area (Å²) in [6.07, 6.45) is 1.70. The second-order valence-corrected chi connectivity index (χ2v) is 6.47. The number of amides is 1. The fourth-order valence-corrected chi connectivity index (χ4v) is 1.60. The molecular formula is C14H22N2O2. The molecule has 1 N–H and O–H groups in total. The van der Waals surface area contributed by atoms with E-state index in [0.717, 1.165) is 0 Å². The molecule has 1 aromatic rings. The van der Waals surface area contributed by atoms with Crippen molar-refractivity contribution in [3.05, 3.63) is 34.2 Å². The summed E-state index contributed by atoms with van der Waals surface area (Å²) in [5, 5.41) is 2.80. The molecule has 0 aromatic carbocycles. The molecule has 0 aliphatic rings. The molecule has 0 spiro atoms. The van der Waals surface area contributed by atoms with Crippen molar-refractivity contribution in [1.29, 1.82) is 0 Å². The van der Waals surface area contributed by atoms with E-state index in [1.54, 1.807) is 22.9 Å². The van der Waals surface area contributed by atoms with Gasteiger partial charge in [-0.3, -0.25) is 9.59 Å². The first kappa shape index (κ1) is 14.5. The summed E-state index contributed by atoms with van der Waals surface area (Å²) >= 11 is 0. The molecule has 1 rings (SSSR count). The van der Waals surface area contributed by atoms with E-state index in [2.05, 4.69) is 5.32 Å². The second kappa shape index (κ2) is 4.59. The maximum Gasteiger partial charge on any atom is 0.263 e. The molecule has 100 valence electrons. The Kier molecular flexibility index (Phi) is 3.70. The van der Waals surface area contributed by atoms with Gasteiger partial charge in [0.05, 0.1) is 0 Å². The molecule has 18 heavy (non-hydrogen) atoms. The van der Waals surface area contributed by atoms with Gasteiger partial charge in [0.1, 0.15) is 5.56 Å². The summed E-state index contributed by atoms with van der Waals surface area (Å²) in [7, 11) is 0. The number of carbonyl (C=O) groups excluding carboxylic acids is 1. The van der Waals surface area contributed by atoms with Crippen LogP contribution in [0.1, 0.15) is 51.9 Å². The SMILES string of the molecule is CC(C)(C)NC(=O)c1cccn(C(C)(C)C)c1=O. The van der Waals surface area contributed by atoms with Gasteiger partial charge in [0.25, 0.3) is 11.5 Å². The van der Waals surface area contributed by atoms with Crippen LogP contribution in [0.2, 0.25) is 0 Å². The van der Waals surface area contributed by atoms with Crippen molar-refractivity contribution in [2.45, 2.75) is 52.6 Å². The third kappa shape index (κ3) is 3.45. The predicted octanol–water partition coefficient (Wildman–Crippen LogP) is 2.13. The lowest BCUT2D eigenvalue weighted by Crippen LogP contribution is -2.44. The van der Waals surface area contributed by atoms with E-state index in [0.29, 0.717) is 0 Å². The number of aromatic nitrogens is 1. The van der Waals surface area contributed by atoms with Crippen LogP contribution in [0.25, 0.3) is 0 Å². The Hall–Kier alpha value is -1.58. The van der Waals surface area contributed by atoms with Crippen molar-refractivity contribution < 1.29 is 4.79 Å². The Morgan fingerprint density at radius 3 is 2.17 bits per heavy atom. The first-order chi connectivity index (χ1) is 8.02. The molecule has 0 aliphatic heterocycles. The number of rotatable bonds is 1. The summed E-state index contributed by atoms with van der Waals surface area (Å²) in [6.45, 7) is 11.4. The van der Waals surface area contributed by atoms with Crippen molar-refractivity contribution in [3.8, 4) is 0 Å². The van der Waals surface area contributed by atoms with Crippen LogP contribution in [0.3, 0.4) is 0 Å². The summed E-state index contributed by atoms with van der Waals surface area (Å²) in [5.41, 5.74) is -0.768. The first-order valence-corrected chi connectivity index (χ1v) is 6.07. The van der Waals surface area contributed by atoms with Crippen LogP contribution >= 0.6 is 0 Å². The summed E-state index contributed by atoms with van der Waals surface area (Å²) in [4.78, 5) is 24.3. The van der Waals surface area contributed by atoms with Crippen molar-refractivity contribution in [1.82, 2.24) is 9.88 Å². The van der Waals surface area contributed by atoms with Crippen molar-refractivity contribution >= 4 is 5.91 Å². The molecule has 0 aliphatic carbocycles. The summed E-state index contributed by atoms with van der Waals surface area (Å²) in [6, 6.07) is 3.29. The molecule has 4 nitrogen and oxygen atoms in total. The molecular weight excluding hydrogens is 228 g/mol. The predicted molar refractivity (Wildman–Crippen MR) is 72.9 cm³/mol. The Morgan fingerprint density at radius 2 is 1.72 bits per heavy atom. The number of carbonyl (C=O) groups is 1. The number of nitrogens with one attached hydrogen (secondary N) is 1. The van der Waals surface area contributed by atoms with E-state index in [4.69, 9.17) is 0 Å². The van der Waals surface area contributed by atoms with E-state index >= 15 is 0 Å². The van der Waals surface area contributed by atoms with E-state index in [1.807, 2.05) is 41.5 Å². The topological polar surface area (TPSA) is 51.1 Å². The first-order valence-electron chi connectivity index (χ1n) is 6.07. The standard InChI is InChI=1S/C14H22N2O2/c1-13(2,3)15-11(17)10-8-7-9-16(12(10)18)14(4,5)6/h7-9H,1-6H3,(H,15,17). The second-order valence-electron chi connectivity index (χ2n) is 6.47. The molecule has 0 saturated carbocycles. The zero-order valence-electron chi connectivity index (χ0n) is 12.0. The molecule has 0 saturated heterocycles. The fourth-order valence-electron chi connectivity index (χ4n) is 1.60. The quantitative estimate of drug-likeness (QED) is 0.830. The minimum absolute atomic E-state index is 0.183. The minimum Gasteiger partial charge on any atom is -0.347 e. The van der Waals surface area contributed by atoms with Crippen LogP contribution in [0, 0.1) is 0 Å². The average molecular weight is 250 g/mol. The Morgan fingerprint density at radius 1 is 1.17 bits per heavy atom. The third-order valence-electron chi connectivity index (χ3n) is 2.40. The van der Waals surface area contributed by atoms with Gasteiger partial charge in [0.15, 0.2) is 0 Å². The van der Waals surface area contributed by atoms with Crippen LogP contribution < -0.4 is 10.9 Å². The highest BCUT2D eigenvalue weighted by molar-refractivity contribution is 5.94. The molecule has 0 fully saturated rings. The lowest BCUT2D eigenvalue weighted by Gasteiger charge is -2.24. The molecule has 1 amide bonds. The molecule has 1 heterocycles. The van der Waals surface area contributed by atoms with E-state index in [1.165, 1.54) is 0 Å². The van der Waals surface area contributed by atoms with Crippen LogP contribution in [-0.4, -0.2) is 16.0 Å². The normalized spacial score (nSPS) is 12.3. The Labute approximate surface area is 108 Å². The average Bonchev–Trinajstić information content (AvgIpc) is 2.12. The van der Waals surface area contributed by atoms with Gasteiger partial charge in [0, 0.05) is 17.3 Å². The van der Waals surface area contributed by atoms with Crippen molar-refractivity contribution in [2.24, 2.45) is 0 Å². The van der Waals surface area contributed by atoms with Crippen molar-refractivity contribution in [3.63, 3.8) is 0 Å². The van der Waals surface area contributed by atoms with Gasteiger partial charge in [-0.05, 0) is 53.7 Å². The van der Waals surface area contributed by atoms with Crippen molar-refractivity contribution in [2.75, 3.05) is 0 Å². The van der Waals surface area contributed by atoms with E-state index < -0.39 is 0 Å². The number of hydrogen-bond donors (Lipinski definition) is 1. The summed E-state index contributed by atoms with van der Waals surface area (Å²) < 4.78 is 1.57. The van der Waals surface area contributed by atoms with Crippen LogP contribution in [0.5, 0.6) is 0 Å². The highest BCUT2D eigenvalue weighted by atomic mass is 16.2. The maximum atomic E-state index is 12.2. The van der Waals surface area contributed by atoms with Crippen LogP contribution in [0.4, 0.5) is 0 Å². The molecule has 0 radical (unpaired) electrons. The number of pyridine rings is 1. The van der Waals surface area contributed by atoms with E-state index in [9.17, 15) is 9.59 Å². The summed E-state index contributed by atoms with van der Waals surface area (Å²) in [5.74, 6) is -0.328. The molecule has 0 bridgehead atoms. The van der Waals surface area contributed by atoms with Gasteiger partial charge in [-0.15, -0.1) is 0 Å². The third-order valence-corrected chi connectivity index (χ3v) is 2.40. The highest BCUT2D eigenvalue weighted by Crippen LogP contribution is 2.11. The molecule has 0 atom stereocenters. The van der Waals surface area contributed by atoms with Crippen LogP contribution in [0.15, 0.2) is 23.1 Å². The zero-order chi connectivity index (χ0) is 14.1. The smallest absolute Gasteiger partial charge is 0.263 e. The van der Waals surface area contributed by atoms with Gasteiger partial charge in [-0.25, -0.2) is 0 Å². The highest BCUT2D eigenvalue weighted by Gasteiger charge is 2.21.